The molecule has 0 atom stereocenters. The van der Waals surface area contributed by atoms with Crippen LogP contribution in [-0.4, -0.2) is 30.7 Å². The van der Waals surface area contributed by atoms with Gasteiger partial charge < -0.3 is 14.8 Å². The highest BCUT2D eigenvalue weighted by Crippen LogP contribution is 2.17. The van der Waals surface area contributed by atoms with E-state index in [0.717, 1.165) is 18.4 Å². The van der Waals surface area contributed by atoms with Gasteiger partial charge in [-0.3, -0.25) is 4.79 Å². The molecule has 1 aromatic rings. The molecule has 5 heteroatoms. The summed E-state index contributed by atoms with van der Waals surface area (Å²) in [4.78, 5) is 16.2. The van der Waals surface area contributed by atoms with Gasteiger partial charge in [0.05, 0.1) is 6.61 Å². The van der Waals surface area contributed by atoms with E-state index in [2.05, 4.69) is 10.3 Å². The van der Waals surface area contributed by atoms with Gasteiger partial charge in [-0.05, 0) is 25.8 Å². The Morgan fingerprint density at radius 1 is 1.53 bits per heavy atom. The van der Waals surface area contributed by atoms with Gasteiger partial charge in [-0.2, -0.15) is 0 Å². The SMILES string of the molecule is CCOc1ncccc1CNC(=O)C1CCOCC1. The summed E-state index contributed by atoms with van der Waals surface area (Å²) in [7, 11) is 0. The predicted molar refractivity (Wildman–Crippen MR) is 70.8 cm³/mol. The van der Waals surface area contributed by atoms with Gasteiger partial charge in [-0.25, -0.2) is 4.98 Å². The Kier molecular flexibility index (Phi) is 5.15. The first-order chi connectivity index (χ1) is 9.31. The summed E-state index contributed by atoms with van der Waals surface area (Å²) in [5, 5.41) is 2.95. The zero-order chi connectivity index (χ0) is 13.5. The van der Waals surface area contributed by atoms with Crippen LogP contribution >= 0.6 is 0 Å². The van der Waals surface area contributed by atoms with Crippen molar-refractivity contribution in [3.8, 4) is 5.88 Å². The van der Waals surface area contributed by atoms with Crippen molar-refractivity contribution in [1.82, 2.24) is 10.3 Å². The normalized spacial score (nSPS) is 16.1. The second-order valence-corrected chi connectivity index (χ2v) is 4.51. The number of pyridine rings is 1. The zero-order valence-electron chi connectivity index (χ0n) is 11.2. The van der Waals surface area contributed by atoms with E-state index in [1.54, 1.807) is 6.20 Å². The van der Waals surface area contributed by atoms with Crippen molar-refractivity contribution >= 4 is 5.91 Å². The van der Waals surface area contributed by atoms with Crippen molar-refractivity contribution in [2.24, 2.45) is 5.92 Å². The predicted octanol–water partition coefficient (Wildman–Crippen LogP) is 1.52. The molecule has 0 radical (unpaired) electrons. The number of aromatic nitrogens is 1. The Morgan fingerprint density at radius 3 is 3.05 bits per heavy atom. The molecule has 1 aliphatic heterocycles. The lowest BCUT2D eigenvalue weighted by Crippen LogP contribution is -2.34. The highest BCUT2D eigenvalue weighted by molar-refractivity contribution is 5.78. The molecule has 2 rings (SSSR count). The fourth-order valence-electron chi connectivity index (χ4n) is 2.11. The van der Waals surface area contributed by atoms with E-state index in [1.165, 1.54) is 0 Å². The van der Waals surface area contributed by atoms with E-state index in [4.69, 9.17) is 9.47 Å². The second kappa shape index (κ2) is 7.09. The van der Waals surface area contributed by atoms with Gasteiger partial charge in [0.2, 0.25) is 11.8 Å². The van der Waals surface area contributed by atoms with Gasteiger partial charge in [-0.15, -0.1) is 0 Å². The smallest absolute Gasteiger partial charge is 0.223 e. The highest BCUT2D eigenvalue weighted by atomic mass is 16.5. The lowest BCUT2D eigenvalue weighted by molar-refractivity contribution is -0.128. The van der Waals surface area contributed by atoms with Gasteiger partial charge in [0.1, 0.15) is 0 Å². The molecule has 1 aliphatic rings. The molecule has 5 nitrogen and oxygen atoms in total. The van der Waals surface area contributed by atoms with E-state index < -0.39 is 0 Å². The fraction of sp³-hybridized carbons (Fsp3) is 0.571. The summed E-state index contributed by atoms with van der Waals surface area (Å²) in [6.45, 7) is 4.29. The number of amides is 1. The van der Waals surface area contributed by atoms with Crippen molar-refractivity contribution in [3.63, 3.8) is 0 Å². The van der Waals surface area contributed by atoms with Crippen molar-refractivity contribution in [2.75, 3.05) is 19.8 Å². The van der Waals surface area contributed by atoms with Crippen LogP contribution in [0, 0.1) is 5.92 Å². The first-order valence-corrected chi connectivity index (χ1v) is 6.73. The summed E-state index contributed by atoms with van der Waals surface area (Å²) in [6.07, 6.45) is 3.29. The molecular formula is C14H20N2O3. The molecule has 1 saturated heterocycles. The Morgan fingerprint density at radius 2 is 2.32 bits per heavy atom. The Balaban J connectivity index is 1.89. The van der Waals surface area contributed by atoms with Crippen LogP contribution in [0.15, 0.2) is 18.3 Å². The van der Waals surface area contributed by atoms with Crippen molar-refractivity contribution in [1.29, 1.82) is 0 Å². The number of nitrogens with one attached hydrogen (secondary N) is 1. The maximum atomic E-state index is 12.0. The quantitative estimate of drug-likeness (QED) is 0.876. The van der Waals surface area contributed by atoms with Crippen LogP contribution in [0.1, 0.15) is 25.3 Å². The summed E-state index contributed by atoms with van der Waals surface area (Å²) in [6, 6.07) is 3.76. The molecule has 1 N–H and O–H groups in total. The van der Waals surface area contributed by atoms with Crippen molar-refractivity contribution in [2.45, 2.75) is 26.3 Å². The van der Waals surface area contributed by atoms with Crippen LogP contribution in [0.25, 0.3) is 0 Å². The third-order valence-corrected chi connectivity index (χ3v) is 3.18. The van der Waals surface area contributed by atoms with Gasteiger partial charge in [0.15, 0.2) is 0 Å². The number of nitrogens with zero attached hydrogens (tertiary/aromatic N) is 1. The minimum atomic E-state index is 0.0703. The number of hydrogen-bond donors (Lipinski definition) is 1. The van der Waals surface area contributed by atoms with E-state index in [0.29, 0.717) is 32.2 Å². The van der Waals surface area contributed by atoms with Crippen LogP contribution in [0.2, 0.25) is 0 Å². The Bertz CT molecular complexity index is 417. The Labute approximate surface area is 113 Å². The van der Waals surface area contributed by atoms with Crippen LogP contribution in [0.3, 0.4) is 0 Å². The molecule has 1 aromatic heterocycles. The number of hydrogen-bond acceptors (Lipinski definition) is 4. The number of ether oxygens (including phenoxy) is 2. The van der Waals surface area contributed by atoms with Crippen LogP contribution in [0.4, 0.5) is 0 Å². The average Bonchev–Trinajstić information content (AvgIpc) is 2.47. The first-order valence-electron chi connectivity index (χ1n) is 6.73. The van der Waals surface area contributed by atoms with Crippen molar-refractivity contribution < 1.29 is 14.3 Å². The summed E-state index contributed by atoms with van der Waals surface area (Å²) in [5.41, 5.74) is 0.907. The molecule has 0 unspecified atom stereocenters. The molecule has 0 aliphatic carbocycles. The molecule has 0 aromatic carbocycles. The molecular weight excluding hydrogens is 244 g/mol. The average molecular weight is 264 g/mol. The van der Waals surface area contributed by atoms with Crippen LogP contribution in [-0.2, 0) is 16.1 Å². The van der Waals surface area contributed by atoms with E-state index >= 15 is 0 Å². The zero-order valence-corrected chi connectivity index (χ0v) is 11.2. The molecule has 1 fully saturated rings. The minimum absolute atomic E-state index is 0.0703. The number of carbonyl (C=O) groups is 1. The first kappa shape index (κ1) is 13.8. The lowest BCUT2D eigenvalue weighted by atomic mass is 9.99. The minimum Gasteiger partial charge on any atom is -0.478 e. The maximum Gasteiger partial charge on any atom is 0.223 e. The molecule has 0 bridgehead atoms. The van der Waals surface area contributed by atoms with E-state index in [1.807, 2.05) is 19.1 Å². The van der Waals surface area contributed by atoms with E-state index in [-0.39, 0.29) is 11.8 Å². The fourth-order valence-corrected chi connectivity index (χ4v) is 2.11. The summed E-state index contributed by atoms with van der Waals surface area (Å²) < 4.78 is 10.7. The summed E-state index contributed by atoms with van der Waals surface area (Å²) >= 11 is 0. The largest absolute Gasteiger partial charge is 0.478 e. The van der Waals surface area contributed by atoms with Gasteiger partial charge in [0.25, 0.3) is 0 Å². The van der Waals surface area contributed by atoms with Crippen LogP contribution in [0.5, 0.6) is 5.88 Å². The van der Waals surface area contributed by atoms with Crippen LogP contribution < -0.4 is 10.1 Å². The highest BCUT2D eigenvalue weighted by Gasteiger charge is 2.21. The molecule has 0 saturated carbocycles. The summed E-state index contributed by atoms with van der Waals surface area (Å²) in [5.74, 6) is 0.757. The monoisotopic (exact) mass is 264 g/mol. The van der Waals surface area contributed by atoms with E-state index in [9.17, 15) is 4.79 Å². The van der Waals surface area contributed by atoms with Crippen molar-refractivity contribution in [3.05, 3.63) is 23.9 Å². The number of rotatable bonds is 5. The molecule has 104 valence electrons. The lowest BCUT2D eigenvalue weighted by Gasteiger charge is -2.21. The molecule has 1 amide bonds. The van der Waals surface area contributed by atoms with Gasteiger partial charge in [-0.1, -0.05) is 6.07 Å². The number of carbonyl (C=O) groups excluding carboxylic acids is 1. The topological polar surface area (TPSA) is 60.5 Å². The standard InChI is InChI=1S/C14H20N2O3/c1-2-19-14-12(4-3-7-15-14)10-16-13(17)11-5-8-18-9-6-11/h3-4,7,11H,2,5-6,8-10H2,1H3,(H,16,17). The second-order valence-electron chi connectivity index (χ2n) is 4.51. The Hall–Kier alpha value is -1.62. The third-order valence-electron chi connectivity index (χ3n) is 3.18. The molecule has 19 heavy (non-hydrogen) atoms. The van der Waals surface area contributed by atoms with Gasteiger partial charge in [0, 0.05) is 37.4 Å². The van der Waals surface area contributed by atoms with Gasteiger partial charge >= 0.3 is 0 Å². The molecule has 2 heterocycles. The maximum absolute atomic E-state index is 12.0. The molecule has 0 spiro atoms. The third kappa shape index (κ3) is 3.92.